The quantitative estimate of drug-likeness (QED) is 0.827. The van der Waals surface area contributed by atoms with Crippen LogP contribution < -0.4 is 5.73 Å². The van der Waals surface area contributed by atoms with Crippen LogP contribution in [0.1, 0.15) is 48.3 Å². The third-order valence-electron chi connectivity index (χ3n) is 3.27. The molecule has 0 bridgehead atoms. The van der Waals surface area contributed by atoms with Crippen molar-refractivity contribution in [1.82, 2.24) is 4.98 Å². The largest absolute Gasteiger partial charge is 0.448 e. The summed E-state index contributed by atoms with van der Waals surface area (Å²) < 4.78 is 10.5. The van der Waals surface area contributed by atoms with Gasteiger partial charge in [0.2, 0.25) is 0 Å². The molecule has 0 atom stereocenters. The molecule has 2 aromatic rings. The van der Waals surface area contributed by atoms with Gasteiger partial charge in [-0.15, -0.1) is 0 Å². The number of amides is 1. The molecule has 0 saturated carbocycles. The third kappa shape index (κ3) is 4.95. The minimum absolute atomic E-state index is 0.0188. The molecule has 1 aromatic heterocycles. The standard InChI is InChI=1S/C17H20N2O4/c1-11(20)13-6-4-5-12(7-13)8-15-19-14(10-22-15)9-17(2,3)23-16(18)21/h4-7,10H,8-9H2,1-3H3,(H2,18,21). The second-order valence-electron chi connectivity index (χ2n) is 6.02. The maximum absolute atomic E-state index is 11.4. The van der Waals surface area contributed by atoms with Crippen LogP contribution in [0.5, 0.6) is 0 Å². The lowest BCUT2D eigenvalue weighted by Crippen LogP contribution is -2.33. The molecule has 2 N–H and O–H groups in total. The first kappa shape index (κ1) is 16.7. The van der Waals surface area contributed by atoms with Crippen molar-refractivity contribution in [2.75, 3.05) is 0 Å². The number of ether oxygens (including phenoxy) is 1. The van der Waals surface area contributed by atoms with Gasteiger partial charge in [0.1, 0.15) is 11.9 Å². The molecule has 0 aliphatic heterocycles. The first-order valence-corrected chi connectivity index (χ1v) is 7.27. The Morgan fingerprint density at radius 1 is 1.35 bits per heavy atom. The molecule has 0 aliphatic rings. The summed E-state index contributed by atoms with van der Waals surface area (Å²) in [5.74, 6) is 0.556. The van der Waals surface area contributed by atoms with Crippen molar-refractivity contribution in [3.05, 3.63) is 53.2 Å². The molecule has 2 rings (SSSR count). The van der Waals surface area contributed by atoms with Gasteiger partial charge in [-0.2, -0.15) is 0 Å². The second-order valence-corrected chi connectivity index (χ2v) is 6.02. The predicted molar refractivity (Wildman–Crippen MR) is 84.2 cm³/mol. The van der Waals surface area contributed by atoms with Crippen molar-refractivity contribution in [1.29, 1.82) is 0 Å². The van der Waals surface area contributed by atoms with Gasteiger partial charge in [0, 0.05) is 18.4 Å². The molecule has 1 aromatic carbocycles. The number of primary amides is 1. The fourth-order valence-electron chi connectivity index (χ4n) is 2.33. The zero-order chi connectivity index (χ0) is 17.0. The fourth-order valence-corrected chi connectivity index (χ4v) is 2.33. The van der Waals surface area contributed by atoms with Gasteiger partial charge in [0.15, 0.2) is 11.7 Å². The van der Waals surface area contributed by atoms with Crippen molar-refractivity contribution in [3.8, 4) is 0 Å². The Bertz CT molecular complexity index is 719. The van der Waals surface area contributed by atoms with E-state index in [-0.39, 0.29) is 5.78 Å². The summed E-state index contributed by atoms with van der Waals surface area (Å²) in [7, 11) is 0. The van der Waals surface area contributed by atoms with E-state index in [0.29, 0.717) is 30.0 Å². The first-order valence-electron chi connectivity index (χ1n) is 7.27. The number of aromatic nitrogens is 1. The van der Waals surface area contributed by atoms with E-state index in [4.69, 9.17) is 14.9 Å². The lowest BCUT2D eigenvalue weighted by atomic mass is 10.0. The van der Waals surface area contributed by atoms with E-state index in [1.54, 1.807) is 19.9 Å². The molecule has 0 spiro atoms. The average molecular weight is 316 g/mol. The molecule has 1 amide bonds. The smallest absolute Gasteiger partial charge is 0.405 e. The number of rotatable bonds is 6. The van der Waals surface area contributed by atoms with Gasteiger partial charge in [-0.3, -0.25) is 4.79 Å². The van der Waals surface area contributed by atoms with Crippen molar-refractivity contribution in [2.24, 2.45) is 5.73 Å². The topological polar surface area (TPSA) is 95.4 Å². The van der Waals surface area contributed by atoms with E-state index in [2.05, 4.69) is 4.98 Å². The van der Waals surface area contributed by atoms with Gasteiger partial charge in [-0.1, -0.05) is 18.2 Å². The van der Waals surface area contributed by atoms with Crippen LogP contribution in [0.2, 0.25) is 0 Å². The third-order valence-corrected chi connectivity index (χ3v) is 3.27. The Balaban J connectivity index is 2.06. The maximum Gasteiger partial charge on any atom is 0.405 e. The van der Waals surface area contributed by atoms with Gasteiger partial charge in [-0.05, 0) is 32.4 Å². The Hall–Kier alpha value is -2.63. The number of oxazole rings is 1. The summed E-state index contributed by atoms with van der Waals surface area (Å²) in [6, 6.07) is 7.35. The number of ketones is 1. The van der Waals surface area contributed by atoms with Crippen LogP contribution in [0.3, 0.4) is 0 Å². The summed E-state index contributed by atoms with van der Waals surface area (Å²) in [6.07, 6.45) is 1.60. The molecule has 0 radical (unpaired) electrons. The number of nitrogens with two attached hydrogens (primary N) is 1. The molecular formula is C17H20N2O4. The number of nitrogens with zero attached hydrogens (tertiary/aromatic N) is 1. The van der Waals surface area contributed by atoms with Gasteiger partial charge in [0.05, 0.1) is 5.69 Å². The molecule has 0 saturated heterocycles. The van der Waals surface area contributed by atoms with Gasteiger partial charge < -0.3 is 14.9 Å². The lowest BCUT2D eigenvalue weighted by molar-refractivity contribution is 0.0453. The molecule has 6 heteroatoms. The lowest BCUT2D eigenvalue weighted by Gasteiger charge is -2.22. The van der Waals surface area contributed by atoms with Crippen LogP contribution in [0.15, 0.2) is 34.9 Å². The number of benzene rings is 1. The van der Waals surface area contributed by atoms with Crippen LogP contribution in [-0.2, 0) is 17.6 Å². The van der Waals surface area contributed by atoms with E-state index in [9.17, 15) is 9.59 Å². The Labute approximate surface area is 134 Å². The molecule has 0 fully saturated rings. The molecule has 1 heterocycles. The SMILES string of the molecule is CC(=O)c1cccc(Cc2nc(CC(C)(C)OC(N)=O)co2)c1. The monoisotopic (exact) mass is 316 g/mol. The van der Waals surface area contributed by atoms with Crippen LogP contribution in [-0.4, -0.2) is 22.5 Å². The summed E-state index contributed by atoms with van der Waals surface area (Å²) >= 11 is 0. The van der Waals surface area contributed by atoms with Crippen molar-refractivity contribution in [3.63, 3.8) is 0 Å². The summed E-state index contributed by atoms with van der Waals surface area (Å²) in [5, 5.41) is 0. The highest BCUT2D eigenvalue weighted by Gasteiger charge is 2.24. The molecule has 0 unspecified atom stereocenters. The van der Waals surface area contributed by atoms with Crippen LogP contribution in [0, 0.1) is 0 Å². The Kier molecular flexibility index (Phi) is 4.83. The summed E-state index contributed by atoms with van der Waals surface area (Å²) in [5.41, 5.74) is 6.57. The van der Waals surface area contributed by atoms with E-state index in [0.717, 1.165) is 5.56 Å². The molecule has 122 valence electrons. The van der Waals surface area contributed by atoms with Gasteiger partial charge in [-0.25, -0.2) is 9.78 Å². The normalized spacial score (nSPS) is 11.3. The number of carbonyl (C=O) groups excluding carboxylic acids is 2. The zero-order valence-electron chi connectivity index (χ0n) is 13.5. The van der Waals surface area contributed by atoms with Gasteiger partial charge >= 0.3 is 6.09 Å². The maximum atomic E-state index is 11.4. The molecular weight excluding hydrogens is 296 g/mol. The Morgan fingerprint density at radius 2 is 2.09 bits per heavy atom. The average Bonchev–Trinajstić information content (AvgIpc) is 2.83. The van der Waals surface area contributed by atoms with E-state index in [1.807, 2.05) is 18.2 Å². The Morgan fingerprint density at radius 3 is 2.74 bits per heavy atom. The number of Topliss-reactive ketones (excluding diaryl/α,β-unsaturated/α-hetero) is 1. The zero-order valence-corrected chi connectivity index (χ0v) is 13.5. The first-order chi connectivity index (χ1) is 10.7. The van der Waals surface area contributed by atoms with E-state index >= 15 is 0 Å². The van der Waals surface area contributed by atoms with E-state index in [1.165, 1.54) is 13.2 Å². The number of hydrogen-bond acceptors (Lipinski definition) is 5. The fraction of sp³-hybridized carbons (Fsp3) is 0.353. The molecule has 23 heavy (non-hydrogen) atoms. The summed E-state index contributed by atoms with van der Waals surface area (Å²) in [4.78, 5) is 26.7. The minimum atomic E-state index is -0.820. The van der Waals surface area contributed by atoms with Crippen molar-refractivity contribution >= 4 is 11.9 Å². The molecule has 0 aliphatic carbocycles. The van der Waals surface area contributed by atoms with Crippen LogP contribution in [0.4, 0.5) is 4.79 Å². The van der Waals surface area contributed by atoms with Crippen LogP contribution in [0.25, 0.3) is 0 Å². The highest BCUT2D eigenvalue weighted by Crippen LogP contribution is 2.18. The van der Waals surface area contributed by atoms with Gasteiger partial charge in [0.25, 0.3) is 0 Å². The van der Waals surface area contributed by atoms with E-state index < -0.39 is 11.7 Å². The van der Waals surface area contributed by atoms with Crippen molar-refractivity contribution in [2.45, 2.75) is 39.2 Å². The van der Waals surface area contributed by atoms with Crippen LogP contribution >= 0.6 is 0 Å². The highest BCUT2D eigenvalue weighted by atomic mass is 16.6. The second kappa shape index (κ2) is 6.64. The molecule has 6 nitrogen and oxygen atoms in total. The number of hydrogen-bond donors (Lipinski definition) is 1. The number of carbonyl (C=O) groups is 2. The van der Waals surface area contributed by atoms with Crippen molar-refractivity contribution < 1.29 is 18.7 Å². The summed E-state index contributed by atoms with van der Waals surface area (Å²) in [6.45, 7) is 5.04. The highest BCUT2D eigenvalue weighted by molar-refractivity contribution is 5.94. The predicted octanol–water partition coefficient (Wildman–Crippen LogP) is 2.88. The minimum Gasteiger partial charge on any atom is -0.448 e.